The topological polar surface area (TPSA) is 32.3 Å². The third kappa shape index (κ3) is 1.57. The Morgan fingerprint density at radius 2 is 2.25 bits per heavy atom. The number of fused-ring (bicyclic) bond motifs is 1. The van der Waals surface area contributed by atoms with Crippen LogP contribution in [0.25, 0.3) is 0 Å². The Labute approximate surface area is 98.6 Å². The lowest BCUT2D eigenvalue weighted by Crippen LogP contribution is -2.05. The van der Waals surface area contributed by atoms with Crippen LogP contribution in [0.15, 0.2) is 35.0 Å². The normalized spacial score (nSPS) is 18.4. The molecule has 1 aromatic carbocycles. The van der Waals surface area contributed by atoms with Crippen molar-refractivity contribution in [2.75, 3.05) is 5.32 Å². The van der Waals surface area contributed by atoms with Gasteiger partial charge < -0.3 is 10.4 Å². The van der Waals surface area contributed by atoms with Crippen LogP contribution >= 0.6 is 11.3 Å². The van der Waals surface area contributed by atoms with Gasteiger partial charge in [0.25, 0.3) is 0 Å². The molecular weight excluding hydrogens is 218 g/mol. The molecule has 0 bridgehead atoms. The third-order valence-corrected chi connectivity index (χ3v) is 3.79. The van der Waals surface area contributed by atoms with Gasteiger partial charge in [0, 0.05) is 11.1 Å². The highest BCUT2D eigenvalue weighted by Gasteiger charge is 2.24. The van der Waals surface area contributed by atoms with E-state index in [4.69, 9.17) is 0 Å². The van der Waals surface area contributed by atoms with E-state index in [0.717, 1.165) is 18.4 Å². The van der Waals surface area contributed by atoms with Gasteiger partial charge in [-0.05, 0) is 41.5 Å². The second-order valence-corrected chi connectivity index (χ2v) is 4.87. The van der Waals surface area contributed by atoms with Crippen molar-refractivity contribution in [3.63, 3.8) is 0 Å². The first-order chi connectivity index (χ1) is 7.84. The zero-order valence-electron chi connectivity index (χ0n) is 8.81. The maximum Gasteiger partial charge on any atom is 0.119 e. The first kappa shape index (κ1) is 9.73. The van der Waals surface area contributed by atoms with E-state index in [1.807, 2.05) is 6.07 Å². The summed E-state index contributed by atoms with van der Waals surface area (Å²) in [6, 6.07) is 8.22. The lowest BCUT2D eigenvalue weighted by atomic mass is 10.1. The number of hydrogen-bond acceptors (Lipinski definition) is 3. The minimum absolute atomic E-state index is 0.344. The number of thiophene rings is 1. The van der Waals surface area contributed by atoms with Gasteiger partial charge in [-0.15, -0.1) is 0 Å². The predicted octanol–water partition coefficient (Wildman–Crippen LogP) is 3.55. The van der Waals surface area contributed by atoms with Gasteiger partial charge >= 0.3 is 0 Å². The maximum absolute atomic E-state index is 9.75. The van der Waals surface area contributed by atoms with Gasteiger partial charge in [0.05, 0.1) is 6.04 Å². The van der Waals surface area contributed by atoms with Crippen molar-refractivity contribution >= 4 is 17.0 Å². The fourth-order valence-electron chi connectivity index (χ4n) is 2.33. The Hall–Kier alpha value is -1.48. The van der Waals surface area contributed by atoms with Crippen LogP contribution in [0, 0.1) is 0 Å². The van der Waals surface area contributed by atoms with E-state index in [0.29, 0.717) is 11.8 Å². The van der Waals surface area contributed by atoms with Gasteiger partial charge in [0.1, 0.15) is 5.75 Å². The second kappa shape index (κ2) is 3.83. The quantitative estimate of drug-likeness (QED) is 0.828. The molecule has 2 N–H and O–H groups in total. The summed E-state index contributed by atoms with van der Waals surface area (Å²) in [6.45, 7) is 0. The number of hydrogen-bond donors (Lipinski definition) is 2. The zero-order valence-corrected chi connectivity index (χ0v) is 9.63. The lowest BCUT2D eigenvalue weighted by Gasteiger charge is -2.14. The van der Waals surface area contributed by atoms with E-state index in [9.17, 15) is 5.11 Å². The molecular formula is C13H13NOS. The Bertz CT molecular complexity index is 493. The van der Waals surface area contributed by atoms with E-state index in [-0.39, 0.29) is 0 Å². The third-order valence-electron chi connectivity index (χ3n) is 3.11. The molecule has 0 spiro atoms. The van der Waals surface area contributed by atoms with E-state index >= 15 is 0 Å². The van der Waals surface area contributed by atoms with Crippen molar-refractivity contribution in [3.05, 3.63) is 46.2 Å². The van der Waals surface area contributed by atoms with Crippen LogP contribution in [0.4, 0.5) is 5.69 Å². The molecule has 0 fully saturated rings. The fourth-order valence-corrected chi connectivity index (χ4v) is 2.93. The highest BCUT2D eigenvalue weighted by molar-refractivity contribution is 7.08. The van der Waals surface area contributed by atoms with E-state index in [2.05, 4.69) is 28.2 Å². The van der Waals surface area contributed by atoms with Crippen molar-refractivity contribution in [3.8, 4) is 5.75 Å². The van der Waals surface area contributed by atoms with Crippen molar-refractivity contribution in [1.29, 1.82) is 0 Å². The van der Waals surface area contributed by atoms with Gasteiger partial charge in [-0.1, -0.05) is 12.1 Å². The molecule has 1 unspecified atom stereocenters. The number of rotatable bonds is 2. The molecule has 1 aromatic heterocycles. The van der Waals surface area contributed by atoms with Crippen LogP contribution in [0.2, 0.25) is 0 Å². The van der Waals surface area contributed by atoms with Gasteiger partial charge in [0.2, 0.25) is 0 Å². The fraction of sp³-hybridized carbons (Fsp3) is 0.231. The molecule has 2 nitrogen and oxygen atoms in total. The summed E-state index contributed by atoms with van der Waals surface area (Å²) in [6.07, 6.45) is 2.02. The lowest BCUT2D eigenvalue weighted by molar-refractivity contribution is 0.469. The molecule has 0 aliphatic heterocycles. The summed E-state index contributed by atoms with van der Waals surface area (Å²) < 4.78 is 0. The van der Waals surface area contributed by atoms with Crippen LogP contribution in [0.3, 0.4) is 0 Å². The average Bonchev–Trinajstić information content (AvgIpc) is 2.90. The second-order valence-electron chi connectivity index (χ2n) is 4.09. The molecule has 0 saturated carbocycles. The molecule has 16 heavy (non-hydrogen) atoms. The van der Waals surface area contributed by atoms with Crippen molar-refractivity contribution in [2.24, 2.45) is 0 Å². The minimum atomic E-state index is 0.344. The van der Waals surface area contributed by atoms with Gasteiger partial charge in [0.15, 0.2) is 0 Å². The molecule has 0 saturated heterocycles. The molecule has 3 heteroatoms. The number of aromatic hydroxyl groups is 1. The summed E-state index contributed by atoms with van der Waals surface area (Å²) in [5.74, 6) is 0.437. The maximum atomic E-state index is 9.75. The molecule has 1 aliphatic carbocycles. The van der Waals surface area contributed by atoms with Crippen molar-refractivity contribution in [1.82, 2.24) is 0 Å². The highest BCUT2D eigenvalue weighted by atomic mass is 32.1. The smallest absolute Gasteiger partial charge is 0.119 e. The molecule has 1 atom stereocenters. The van der Waals surface area contributed by atoms with Gasteiger partial charge in [-0.25, -0.2) is 0 Å². The standard InChI is InChI=1S/C13H13NOS/c15-13-3-1-2-10-11(13)4-5-12(10)14-9-6-7-16-8-9/h1-3,6-8,12,14-15H,4-5H2. The van der Waals surface area contributed by atoms with Crippen molar-refractivity contribution < 1.29 is 5.11 Å². The van der Waals surface area contributed by atoms with Gasteiger partial charge in [-0.3, -0.25) is 0 Å². The Morgan fingerprint density at radius 3 is 3.06 bits per heavy atom. The van der Waals surface area contributed by atoms with Crippen molar-refractivity contribution in [2.45, 2.75) is 18.9 Å². The van der Waals surface area contributed by atoms with E-state index in [1.165, 1.54) is 11.3 Å². The number of anilines is 1. The van der Waals surface area contributed by atoms with Crippen LogP contribution in [0.1, 0.15) is 23.6 Å². The monoisotopic (exact) mass is 231 g/mol. The Balaban J connectivity index is 1.89. The molecule has 1 aliphatic rings. The number of phenolic OH excluding ortho intramolecular Hbond substituents is 1. The molecule has 0 amide bonds. The largest absolute Gasteiger partial charge is 0.508 e. The first-order valence-electron chi connectivity index (χ1n) is 5.44. The first-order valence-corrected chi connectivity index (χ1v) is 6.38. The minimum Gasteiger partial charge on any atom is -0.508 e. The Morgan fingerprint density at radius 1 is 1.31 bits per heavy atom. The predicted molar refractivity (Wildman–Crippen MR) is 67.1 cm³/mol. The zero-order chi connectivity index (χ0) is 11.0. The molecule has 2 aromatic rings. The SMILES string of the molecule is Oc1cccc2c1CCC2Nc1ccsc1. The van der Waals surface area contributed by atoms with Crippen LogP contribution < -0.4 is 5.32 Å². The Kier molecular flexibility index (Phi) is 2.33. The van der Waals surface area contributed by atoms with Crippen LogP contribution in [0.5, 0.6) is 5.75 Å². The van der Waals surface area contributed by atoms with E-state index < -0.39 is 0 Å². The molecule has 1 heterocycles. The van der Waals surface area contributed by atoms with Gasteiger partial charge in [-0.2, -0.15) is 11.3 Å². The number of phenols is 1. The summed E-state index contributed by atoms with van der Waals surface area (Å²) in [4.78, 5) is 0. The number of nitrogens with one attached hydrogen (secondary N) is 1. The highest BCUT2D eigenvalue weighted by Crippen LogP contribution is 2.38. The summed E-state index contributed by atoms with van der Waals surface area (Å²) in [5, 5.41) is 17.4. The molecule has 82 valence electrons. The van der Waals surface area contributed by atoms with Crippen LogP contribution in [-0.4, -0.2) is 5.11 Å². The summed E-state index contributed by atoms with van der Waals surface area (Å²) in [7, 11) is 0. The summed E-state index contributed by atoms with van der Waals surface area (Å²) in [5.41, 5.74) is 3.52. The molecule has 3 rings (SSSR count). The average molecular weight is 231 g/mol. The van der Waals surface area contributed by atoms with E-state index in [1.54, 1.807) is 17.4 Å². The number of benzene rings is 1. The summed E-state index contributed by atoms with van der Waals surface area (Å²) >= 11 is 1.70. The molecule has 0 radical (unpaired) electrons. The van der Waals surface area contributed by atoms with Crippen LogP contribution in [-0.2, 0) is 6.42 Å².